The lowest BCUT2D eigenvalue weighted by Crippen LogP contribution is -2.04. The lowest BCUT2D eigenvalue weighted by Gasteiger charge is -2.16. The van der Waals surface area contributed by atoms with Gasteiger partial charge < -0.3 is 0 Å². The first-order valence-electron chi connectivity index (χ1n) is 4.12. The van der Waals surface area contributed by atoms with E-state index in [0.717, 1.165) is 19.3 Å². The summed E-state index contributed by atoms with van der Waals surface area (Å²) in [6, 6.07) is 0. The summed E-state index contributed by atoms with van der Waals surface area (Å²) in [5.41, 5.74) is 0.325. The summed E-state index contributed by atoms with van der Waals surface area (Å²) >= 11 is 0. The molecule has 11 heavy (non-hydrogen) atoms. The molecule has 0 aliphatic rings. The Kier molecular flexibility index (Phi) is 4.16. The Labute approximate surface area is 68.6 Å². The third-order valence-electron chi connectivity index (χ3n) is 1.56. The lowest BCUT2D eigenvalue weighted by atomic mass is 9.89. The van der Waals surface area contributed by atoms with Crippen molar-refractivity contribution in [3.63, 3.8) is 0 Å². The summed E-state index contributed by atoms with van der Waals surface area (Å²) in [6.45, 7) is 6.48. The Morgan fingerprint density at radius 1 is 1.18 bits per heavy atom. The van der Waals surface area contributed by atoms with Crippen LogP contribution in [0.25, 0.3) is 0 Å². The summed E-state index contributed by atoms with van der Waals surface area (Å²) in [6.07, 6.45) is 3.02. The summed E-state index contributed by atoms with van der Waals surface area (Å²) in [7, 11) is 0. The van der Waals surface area contributed by atoms with E-state index in [-0.39, 0.29) is 6.42 Å². The highest BCUT2D eigenvalue weighted by Gasteiger charge is 2.09. The maximum atomic E-state index is 10.0. The van der Waals surface area contributed by atoms with Gasteiger partial charge in [0, 0.05) is 0 Å². The SMILES string of the molecule is CC(C)(C)CCCCC([O])=O. The van der Waals surface area contributed by atoms with E-state index in [0.29, 0.717) is 5.41 Å². The molecule has 0 unspecified atom stereocenters. The molecule has 2 nitrogen and oxygen atoms in total. The van der Waals surface area contributed by atoms with E-state index in [1.54, 1.807) is 0 Å². The molecule has 0 bridgehead atoms. The highest BCUT2D eigenvalue weighted by Crippen LogP contribution is 2.21. The van der Waals surface area contributed by atoms with Crippen LogP contribution in [-0.2, 0) is 9.90 Å². The van der Waals surface area contributed by atoms with Crippen molar-refractivity contribution in [1.29, 1.82) is 0 Å². The number of carbonyl (C=O) groups excluding carboxylic acids is 1. The van der Waals surface area contributed by atoms with Crippen LogP contribution in [0.5, 0.6) is 0 Å². The average Bonchev–Trinajstić information content (AvgIpc) is 1.78. The molecule has 0 N–H and O–H groups in total. The van der Waals surface area contributed by atoms with Crippen LogP contribution >= 0.6 is 0 Å². The molecule has 0 saturated heterocycles. The van der Waals surface area contributed by atoms with Gasteiger partial charge in [-0.25, -0.2) is 9.90 Å². The van der Waals surface area contributed by atoms with Gasteiger partial charge in [-0.1, -0.05) is 27.2 Å². The van der Waals surface area contributed by atoms with Crippen molar-refractivity contribution in [1.82, 2.24) is 0 Å². The fourth-order valence-corrected chi connectivity index (χ4v) is 0.925. The first-order chi connectivity index (χ1) is 4.92. The molecule has 0 amide bonds. The minimum Gasteiger partial charge on any atom is -0.247 e. The van der Waals surface area contributed by atoms with Crippen LogP contribution < -0.4 is 0 Å². The summed E-state index contributed by atoms with van der Waals surface area (Å²) < 4.78 is 0. The second kappa shape index (κ2) is 4.37. The molecule has 0 heterocycles. The molecule has 0 aromatic rings. The number of unbranched alkanes of at least 4 members (excludes halogenated alkanes) is 1. The van der Waals surface area contributed by atoms with E-state index in [1.165, 1.54) is 0 Å². The largest absolute Gasteiger partial charge is 0.355 e. The smallest absolute Gasteiger partial charge is 0.247 e. The standard InChI is InChI=1S/C9H17O2/c1-9(2,3)7-5-4-6-8(10)11/h4-7H2,1-3H3. The predicted octanol–water partition coefficient (Wildman–Crippen LogP) is 2.55. The zero-order valence-electron chi connectivity index (χ0n) is 7.64. The Morgan fingerprint density at radius 2 is 1.73 bits per heavy atom. The first kappa shape index (κ1) is 10.5. The fourth-order valence-electron chi connectivity index (χ4n) is 0.925. The van der Waals surface area contributed by atoms with Gasteiger partial charge in [-0.2, -0.15) is 0 Å². The van der Waals surface area contributed by atoms with Gasteiger partial charge in [0.2, 0.25) is 0 Å². The van der Waals surface area contributed by atoms with Crippen molar-refractivity contribution in [2.75, 3.05) is 0 Å². The van der Waals surface area contributed by atoms with Crippen molar-refractivity contribution in [2.45, 2.75) is 46.5 Å². The van der Waals surface area contributed by atoms with Crippen molar-refractivity contribution >= 4 is 5.97 Å². The molecule has 0 aliphatic heterocycles. The molecule has 0 atom stereocenters. The van der Waals surface area contributed by atoms with E-state index in [4.69, 9.17) is 0 Å². The third kappa shape index (κ3) is 9.47. The Balaban J connectivity index is 3.22. The third-order valence-corrected chi connectivity index (χ3v) is 1.56. The molecule has 0 spiro atoms. The number of hydrogen-bond donors (Lipinski definition) is 0. The number of rotatable bonds is 4. The van der Waals surface area contributed by atoms with Crippen LogP contribution in [0.4, 0.5) is 0 Å². The van der Waals surface area contributed by atoms with Gasteiger partial charge >= 0.3 is 5.97 Å². The van der Waals surface area contributed by atoms with Crippen LogP contribution in [0.15, 0.2) is 0 Å². The van der Waals surface area contributed by atoms with E-state index >= 15 is 0 Å². The summed E-state index contributed by atoms with van der Waals surface area (Å²) in [5, 5.41) is 10.0. The van der Waals surface area contributed by atoms with E-state index in [1.807, 2.05) is 0 Å². The predicted molar refractivity (Wildman–Crippen MR) is 43.6 cm³/mol. The maximum absolute atomic E-state index is 10.0. The molecule has 0 aromatic carbocycles. The van der Waals surface area contributed by atoms with Crippen molar-refractivity contribution in [3.8, 4) is 0 Å². The van der Waals surface area contributed by atoms with Crippen molar-refractivity contribution < 1.29 is 9.90 Å². The highest BCUT2D eigenvalue weighted by atomic mass is 16.4. The molecule has 1 radical (unpaired) electrons. The Bertz CT molecular complexity index is 122. The zero-order chi connectivity index (χ0) is 8.91. The van der Waals surface area contributed by atoms with Gasteiger partial charge in [-0.05, 0) is 18.3 Å². The molecule has 0 fully saturated rings. The second-order valence-electron chi connectivity index (χ2n) is 4.14. The molecule has 0 saturated carbocycles. The molecule has 65 valence electrons. The van der Waals surface area contributed by atoms with E-state index < -0.39 is 5.97 Å². The first-order valence-corrected chi connectivity index (χ1v) is 4.12. The van der Waals surface area contributed by atoms with Gasteiger partial charge in [0.05, 0.1) is 6.42 Å². The van der Waals surface area contributed by atoms with Crippen LogP contribution in [0.1, 0.15) is 46.5 Å². The van der Waals surface area contributed by atoms with E-state index in [9.17, 15) is 9.90 Å². The van der Waals surface area contributed by atoms with Crippen LogP contribution in [0.2, 0.25) is 0 Å². The number of hydrogen-bond acceptors (Lipinski definition) is 1. The number of carbonyl (C=O) groups is 1. The van der Waals surface area contributed by atoms with Gasteiger partial charge in [-0.15, -0.1) is 0 Å². The molecule has 0 aromatic heterocycles. The van der Waals surface area contributed by atoms with Gasteiger partial charge in [0.15, 0.2) is 0 Å². The summed E-state index contributed by atoms with van der Waals surface area (Å²) in [5.74, 6) is -0.932. The van der Waals surface area contributed by atoms with Gasteiger partial charge in [-0.3, -0.25) is 0 Å². The minimum absolute atomic E-state index is 0.204. The average molecular weight is 157 g/mol. The van der Waals surface area contributed by atoms with Crippen molar-refractivity contribution in [3.05, 3.63) is 0 Å². The van der Waals surface area contributed by atoms with Gasteiger partial charge in [0.1, 0.15) is 0 Å². The molecule has 0 rings (SSSR count). The zero-order valence-corrected chi connectivity index (χ0v) is 7.64. The molecule has 0 aliphatic carbocycles. The molecular formula is C9H17O2. The van der Waals surface area contributed by atoms with Crippen LogP contribution in [0.3, 0.4) is 0 Å². The second-order valence-corrected chi connectivity index (χ2v) is 4.14. The minimum atomic E-state index is -0.932. The summed E-state index contributed by atoms with van der Waals surface area (Å²) in [4.78, 5) is 10.0. The fraction of sp³-hybridized carbons (Fsp3) is 0.889. The maximum Gasteiger partial charge on any atom is 0.355 e. The van der Waals surface area contributed by atoms with Crippen molar-refractivity contribution in [2.24, 2.45) is 5.41 Å². The van der Waals surface area contributed by atoms with E-state index in [2.05, 4.69) is 20.8 Å². The monoisotopic (exact) mass is 157 g/mol. The topological polar surface area (TPSA) is 37.0 Å². The highest BCUT2D eigenvalue weighted by molar-refractivity contribution is 5.66. The quantitative estimate of drug-likeness (QED) is 0.578. The van der Waals surface area contributed by atoms with Gasteiger partial charge in [0.25, 0.3) is 0 Å². The Morgan fingerprint density at radius 3 is 2.09 bits per heavy atom. The lowest BCUT2D eigenvalue weighted by molar-refractivity contribution is -0.143. The Hall–Kier alpha value is -0.530. The normalized spacial score (nSPS) is 11.5. The van der Waals surface area contributed by atoms with Crippen LogP contribution in [0, 0.1) is 5.41 Å². The van der Waals surface area contributed by atoms with Crippen LogP contribution in [-0.4, -0.2) is 5.97 Å². The molecular weight excluding hydrogens is 140 g/mol. The molecule has 2 heteroatoms.